The third kappa shape index (κ3) is 1.53. The first kappa shape index (κ1) is 8.94. The fourth-order valence-electron chi connectivity index (χ4n) is 1.13. The maximum Gasteiger partial charge on any atom is 0.128 e. The predicted octanol–water partition coefficient (Wildman–Crippen LogP) is 1.80. The van der Waals surface area contributed by atoms with Crippen molar-refractivity contribution in [1.29, 1.82) is 0 Å². The average Bonchev–Trinajstić information content (AvgIpc) is 2.04. The van der Waals surface area contributed by atoms with E-state index < -0.39 is 0 Å². The van der Waals surface area contributed by atoms with E-state index in [4.69, 9.17) is 10.5 Å². The van der Waals surface area contributed by atoms with Gasteiger partial charge >= 0.3 is 0 Å². The van der Waals surface area contributed by atoms with Crippen molar-refractivity contribution >= 4 is 18.5 Å². The molecule has 0 radical (unpaired) electrons. The third-order valence-corrected chi connectivity index (χ3v) is 1.65. The van der Waals surface area contributed by atoms with Gasteiger partial charge in [-0.3, -0.25) is 0 Å². The summed E-state index contributed by atoms with van der Waals surface area (Å²) in [6.07, 6.45) is 1.94. The number of fused-ring (bicyclic) bond motifs is 1. The summed E-state index contributed by atoms with van der Waals surface area (Å²) in [7, 11) is 0. The Labute approximate surface area is 77.4 Å². The van der Waals surface area contributed by atoms with Crippen molar-refractivity contribution in [3.8, 4) is 5.75 Å². The summed E-state index contributed by atoms with van der Waals surface area (Å²) in [5, 5.41) is 0. The van der Waals surface area contributed by atoms with Crippen LogP contribution in [-0.2, 0) is 0 Å². The molecule has 0 fully saturated rings. The van der Waals surface area contributed by atoms with Crippen LogP contribution in [0.15, 0.2) is 30.0 Å². The van der Waals surface area contributed by atoms with E-state index in [1.165, 1.54) is 0 Å². The van der Waals surface area contributed by atoms with Crippen molar-refractivity contribution in [2.75, 3.05) is 6.61 Å². The monoisotopic (exact) mass is 183 g/mol. The minimum absolute atomic E-state index is 0. The van der Waals surface area contributed by atoms with Gasteiger partial charge in [0.15, 0.2) is 0 Å². The summed E-state index contributed by atoms with van der Waals surface area (Å²) in [6, 6.07) is 7.85. The van der Waals surface area contributed by atoms with E-state index in [1.54, 1.807) is 0 Å². The highest BCUT2D eigenvalue weighted by molar-refractivity contribution is 5.85. The molecule has 0 unspecified atom stereocenters. The fraction of sp³-hybridized carbons (Fsp3) is 0.111. The van der Waals surface area contributed by atoms with Gasteiger partial charge in [-0.15, -0.1) is 12.4 Å². The van der Waals surface area contributed by atoms with E-state index in [0.29, 0.717) is 6.61 Å². The Kier molecular flexibility index (Phi) is 2.61. The van der Waals surface area contributed by atoms with Crippen LogP contribution in [0.1, 0.15) is 5.56 Å². The zero-order valence-corrected chi connectivity index (χ0v) is 7.30. The molecule has 1 aliphatic rings. The van der Waals surface area contributed by atoms with Gasteiger partial charge in [0.05, 0.1) is 0 Å². The molecule has 0 spiro atoms. The number of para-hydroxylation sites is 1. The summed E-state index contributed by atoms with van der Waals surface area (Å²) in [4.78, 5) is 0. The Morgan fingerprint density at radius 1 is 1.25 bits per heavy atom. The van der Waals surface area contributed by atoms with Crippen LogP contribution < -0.4 is 10.5 Å². The molecule has 1 aliphatic heterocycles. The van der Waals surface area contributed by atoms with E-state index in [2.05, 4.69) is 0 Å². The minimum Gasteiger partial charge on any atom is -0.487 e. The molecule has 64 valence electrons. The molecule has 0 amide bonds. The molecule has 2 nitrogen and oxygen atoms in total. The summed E-state index contributed by atoms with van der Waals surface area (Å²) in [6.45, 7) is 0.511. The van der Waals surface area contributed by atoms with Gasteiger partial charge in [0.25, 0.3) is 0 Å². The smallest absolute Gasteiger partial charge is 0.128 e. The van der Waals surface area contributed by atoms with Crippen LogP contribution in [-0.4, -0.2) is 6.61 Å². The van der Waals surface area contributed by atoms with Crippen molar-refractivity contribution in [3.63, 3.8) is 0 Å². The molecule has 1 aromatic carbocycles. The fourth-order valence-corrected chi connectivity index (χ4v) is 1.13. The molecule has 0 saturated heterocycles. The van der Waals surface area contributed by atoms with Crippen LogP contribution in [0.5, 0.6) is 5.75 Å². The van der Waals surface area contributed by atoms with E-state index in [-0.39, 0.29) is 12.4 Å². The molecule has 2 N–H and O–H groups in total. The molecule has 0 saturated carbocycles. The van der Waals surface area contributed by atoms with Gasteiger partial charge < -0.3 is 10.5 Å². The van der Waals surface area contributed by atoms with Crippen LogP contribution in [0.3, 0.4) is 0 Å². The van der Waals surface area contributed by atoms with Crippen LogP contribution in [0.4, 0.5) is 0 Å². The topological polar surface area (TPSA) is 35.2 Å². The average molecular weight is 184 g/mol. The second-order valence-corrected chi connectivity index (χ2v) is 2.55. The van der Waals surface area contributed by atoms with E-state index in [0.717, 1.165) is 17.0 Å². The molecule has 0 aromatic heterocycles. The number of halogens is 1. The Bertz CT molecular complexity index is 309. The number of hydrogen-bond donors (Lipinski definition) is 1. The lowest BCUT2D eigenvalue weighted by molar-refractivity contribution is 0.346. The Morgan fingerprint density at radius 2 is 2.00 bits per heavy atom. The second-order valence-electron chi connectivity index (χ2n) is 2.55. The molecule has 0 bridgehead atoms. The van der Waals surface area contributed by atoms with Gasteiger partial charge in [-0.1, -0.05) is 18.2 Å². The summed E-state index contributed by atoms with van der Waals surface area (Å²) < 4.78 is 5.34. The molecule has 0 atom stereocenters. The van der Waals surface area contributed by atoms with Gasteiger partial charge in [0, 0.05) is 11.3 Å². The quantitative estimate of drug-likeness (QED) is 0.666. The maximum absolute atomic E-state index is 5.59. The first-order valence-electron chi connectivity index (χ1n) is 3.54. The van der Waals surface area contributed by atoms with Gasteiger partial charge in [0.1, 0.15) is 12.4 Å². The molecule has 2 rings (SSSR count). The summed E-state index contributed by atoms with van der Waals surface area (Å²) >= 11 is 0. The number of rotatable bonds is 0. The van der Waals surface area contributed by atoms with Gasteiger partial charge in [-0.2, -0.15) is 0 Å². The molecule has 1 aromatic rings. The third-order valence-electron chi connectivity index (χ3n) is 1.65. The molecule has 0 aliphatic carbocycles. The van der Waals surface area contributed by atoms with Crippen LogP contribution in [0.25, 0.3) is 6.08 Å². The zero-order chi connectivity index (χ0) is 7.68. The SMILES string of the molecule is Cl.NC1=Cc2ccccc2OC1. The Hall–Kier alpha value is -1.15. The summed E-state index contributed by atoms with van der Waals surface area (Å²) in [5.41, 5.74) is 7.43. The lowest BCUT2D eigenvalue weighted by Gasteiger charge is -2.14. The Balaban J connectivity index is 0.000000720. The highest BCUT2D eigenvalue weighted by Crippen LogP contribution is 2.23. The van der Waals surface area contributed by atoms with Crippen molar-refractivity contribution < 1.29 is 4.74 Å². The second kappa shape index (κ2) is 3.50. The van der Waals surface area contributed by atoms with Crippen molar-refractivity contribution in [3.05, 3.63) is 35.5 Å². The molecular weight excluding hydrogens is 174 g/mol. The first-order chi connectivity index (χ1) is 5.36. The minimum atomic E-state index is 0. The van der Waals surface area contributed by atoms with E-state index >= 15 is 0 Å². The van der Waals surface area contributed by atoms with Crippen LogP contribution in [0.2, 0.25) is 0 Å². The zero-order valence-electron chi connectivity index (χ0n) is 6.49. The lowest BCUT2D eigenvalue weighted by atomic mass is 10.1. The molecule has 1 heterocycles. The van der Waals surface area contributed by atoms with Gasteiger partial charge in [-0.05, 0) is 12.1 Å². The predicted molar refractivity (Wildman–Crippen MR) is 51.3 cm³/mol. The largest absolute Gasteiger partial charge is 0.487 e. The van der Waals surface area contributed by atoms with E-state index in [1.807, 2.05) is 30.3 Å². The highest BCUT2D eigenvalue weighted by Gasteiger charge is 2.06. The maximum atomic E-state index is 5.59. The summed E-state index contributed by atoms with van der Waals surface area (Å²) in [5.74, 6) is 0.918. The van der Waals surface area contributed by atoms with Crippen molar-refractivity contribution in [2.45, 2.75) is 0 Å². The number of hydrogen-bond acceptors (Lipinski definition) is 2. The molecule has 3 heteroatoms. The number of benzene rings is 1. The first-order valence-corrected chi connectivity index (χ1v) is 3.54. The standard InChI is InChI=1S/C9H9NO.ClH/c10-8-5-7-3-1-2-4-9(7)11-6-8;/h1-5H,6,10H2;1H. The highest BCUT2D eigenvalue weighted by atomic mass is 35.5. The van der Waals surface area contributed by atoms with Gasteiger partial charge in [-0.25, -0.2) is 0 Å². The van der Waals surface area contributed by atoms with Crippen molar-refractivity contribution in [1.82, 2.24) is 0 Å². The number of nitrogens with two attached hydrogens (primary N) is 1. The van der Waals surface area contributed by atoms with Crippen LogP contribution >= 0.6 is 12.4 Å². The van der Waals surface area contributed by atoms with Crippen LogP contribution in [0, 0.1) is 0 Å². The number of ether oxygens (including phenoxy) is 1. The lowest BCUT2D eigenvalue weighted by Crippen LogP contribution is -2.12. The van der Waals surface area contributed by atoms with E-state index in [9.17, 15) is 0 Å². The molecular formula is C9H10ClNO. The van der Waals surface area contributed by atoms with Gasteiger partial charge in [0.2, 0.25) is 0 Å². The Morgan fingerprint density at radius 3 is 2.83 bits per heavy atom. The normalized spacial score (nSPS) is 13.5. The van der Waals surface area contributed by atoms with Crippen molar-refractivity contribution in [2.24, 2.45) is 5.73 Å². The molecule has 12 heavy (non-hydrogen) atoms.